The van der Waals surface area contributed by atoms with E-state index in [0.717, 1.165) is 4.52 Å². The number of carbonyl (C=O) groups excluding carboxylic acids is 2. The van der Waals surface area contributed by atoms with Crippen molar-refractivity contribution in [2.75, 3.05) is 29.9 Å². The van der Waals surface area contributed by atoms with Crippen molar-refractivity contribution in [2.24, 2.45) is 0 Å². The van der Waals surface area contributed by atoms with Crippen LogP contribution in [-0.2, 0) is 9.59 Å². The molecule has 2 N–H and O–H groups in total. The number of hydrogen-bond donors (Lipinski definition) is 2. The van der Waals surface area contributed by atoms with Crippen LogP contribution in [0.5, 0.6) is 0 Å². The minimum absolute atomic E-state index is 0.0242. The molecule has 2 aromatic rings. The smallest absolute Gasteiger partial charge is 0.345 e. The molecule has 0 radical (unpaired) electrons. The zero-order valence-corrected chi connectivity index (χ0v) is 14.8. The fraction of sp³-hybridized carbons (Fsp3) is 0.438. The molecule has 0 saturated carbocycles. The van der Waals surface area contributed by atoms with Gasteiger partial charge in [-0.15, -0.1) is 0 Å². The minimum Gasteiger partial charge on any atom is -0.345 e. The standard InChI is InChI=1S/C16H15F4N7O2/c17-10-1-2-26(6-10)15-24-12-9(3-8-4-11(28)23-13(8)29)5-22-27(12)14(25-15)21-7-16(18,19)20/h3,5,10H,1-2,4,6-7H2,(H,21,24,25)(H,23,28,29)/b8-3+/t10-/m1/s1. The molecule has 2 aliphatic heterocycles. The van der Waals surface area contributed by atoms with Gasteiger partial charge in [-0.2, -0.15) is 32.8 Å². The lowest BCUT2D eigenvalue weighted by atomic mass is 10.1. The monoisotopic (exact) mass is 413 g/mol. The van der Waals surface area contributed by atoms with E-state index in [1.807, 2.05) is 0 Å². The van der Waals surface area contributed by atoms with Crippen molar-refractivity contribution in [2.45, 2.75) is 25.2 Å². The van der Waals surface area contributed by atoms with Gasteiger partial charge >= 0.3 is 6.18 Å². The summed E-state index contributed by atoms with van der Waals surface area (Å²) in [4.78, 5) is 33.1. The van der Waals surface area contributed by atoms with Gasteiger partial charge in [-0.05, 0) is 12.5 Å². The van der Waals surface area contributed by atoms with Crippen LogP contribution in [0, 0.1) is 0 Å². The molecule has 2 aliphatic rings. The molecule has 0 bridgehead atoms. The van der Waals surface area contributed by atoms with Gasteiger partial charge in [0.1, 0.15) is 12.7 Å². The molecule has 4 heterocycles. The third-order valence-corrected chi connectivity index (χ3v) is 4.47. The second-order valence-corrected chi connectivity index (χ2v) is 6.71. The first-order valence-corrected chi connectivity index (χ1v) is 8.70. The second-order valence-electron chi connectivity index (χ2n) is 6.71. The van der Waals surface area contributed by atoms with Gasteiger partial charge in [0.15, 0.2) is 5.65 Å². The Morgan fingerprint density at radius 2 is 2.10 bits per heavy atom. The SMILES string of the molecule is O=C1C/C(=C\c2cnn3c(NCC(F)(F)F)nc(N4CC[C@@H](F)C4)nc23)C(=O)N1. The Hall–Kier alpha value is -3.25. The molecule has 0 unspecified atom stereocenters. The first-order valence-electron chi connectivity index (χ1n) is 8.70. The van der Waals surface area contributed by atoms with Crippen LogP contribution in [-0.4, -0.2) is 63.4 Å². The highest BCUT2D eigenvalue weighted by Gasteiger charge is 2.30. The zero-order chi connectivity index (χ0) is 20.8. The van der Waals surface area contributed by atoms with E-state index in [1.54, 1.807) is 0 Å². The van der Waals surface area contributed by atoms with Gasteiger partial charge in [0, 0.05) is 17.7 Å². The topological polar surface area (TPSA) is 105 Å². The highest BCUT2D eigenvalue weighted by atomic mass is 19.4. The molecule has 1 atom stereocenters. The van der Waals surface area contributed by atoms with Crippen LogP contribution in [0.3, 0.4) is 0 Å². The van der Waals surface area contributed by atoms with Crippen LogP contribution in [0.2, 0.25) is 0 Å². The number of carbonyl (C=O) groups is 2. The second kappa shape index (κ2) is 6.97. The average Bonchev–Trinajstić information content (AvgIpc) is 3.32. The summed E-state index contributed by atoms with van der Waals surface area (Å²) in [6.45, 7) is -1.01. The molecule has 154 valence electrons. The van der Waals surface area contributed by atoms with Crippen LogP contribution in [0.4, 0.5) is 29.5 Å². The largest absolute Gasteiger partial charge is 0.405 e. The molecule has 0 aliphatic carbocycles. The predicted molar refractivity (Wildman–Crippen MR) is 92.8 cm³/mol. The van der Waals surface area contributed by atoms with Crippen molar-refractivity contribution < 1.29 is 27.2 Å². The van der Waals surface area contributed by atoms with Crippen LogP contribution in [0.1, 0.15) is 18.4 Å². The van der Waals surface area contributed by atoms with E-state index in [0.29, 0.717) is 12.1 Å². The number of imide groups is 1. The fourth-order valence-electron chi connectivity index (χ4n) is 3.13. The molecular formula is C16H15F4N7O2. The number of anilines is 2. The number of aromatic nitrogens is 4. The molecule has 0 aromatic carbocycles. The summed E-state index contributed by atoms with van der Waals surface area (Å²) < 4.78 is 52.7. The van der Waals surface area contributed by atoms with Crippen LogP contribution < -0.4 is 15.5 Å². The van der Waals surface area contributed by atoms with Crippen LogP contribution in [0.15, 0.2) is 11.8 Å². The fourth-order valence-corrected chi connectivity index (χ4v) is 3.13. The van der Waals surface area contributed by atoms with Gasteiger partial charge in [0.2, 0.25) is 17.8 Å². The number of alkyl halides is 4. The number of fused-ring (bicyclic) bond motifs is 1. The highest BCUT2D eigenvalue weighted by Crippen LogP contribution is 2.25. The third kappa shape index (κ3) is 3.98. The maximum absolute atomic E-state index is 13.6. The van der Waals surface area contributed by atoms with Crippen molar-refractivity contribution in [1.29, 1.82) is 0 Å². The predicted octanol–water partition coefficient (Wildman–Crippen LogP) is 1.08. The lowest BCUT2D eigenvalue weighted by Crippen LogP contribution is -2.26. The van der Waals surface area contributed by atoms with E-state index in [4.69, 9.17) is 0 Å². The molecule has 13 heteroatoms. The summed E-state index contributed by atoms with van der Waals surface area (Å²) in [7, 11) is 0. The van der Waals surface area contributed by atoms with Crippen molar-refractivity contribution in [1.82, 2.24) is 24.9 Å². The summed E-state index contributed by atoms with van der Waals surface area (Å²) in [6, 6.07) is 0. The Morgan fingerprint density at radius 3 is 2.72 bits per heavy atom. The van der Waals surface area contributed by atoms with E-state index in [9.17, 15) is 27.2 Å². The van der Waals surface area contributed by atoms with Gasteiger partial charge in [0.25, 0.3) is 5.91 Å². The van der Waals surface area contributed by atoms with Gasteiger partial charge < -0.3 is 10.2 Å². The zero-order valence-electron chi connectivity index (χ0n) is 14.8. The molecule has 9 nitrogen and oxygen atoms in total. The number of amides is 2. The van der Waals surface area contributed by atoms with E-state index < -0.39 is 30.7 Å². The molecule has 29 heavy (non-hydrogen) atoms. The first-order chi connectivity index (χ1) is 13.7. The molecule has 2 amide bonds. The molecule has 0 spiro atoms. The summed E-state index contributed by atoms with van der Waals surface area (Å²) in [5.41, 5.74) is 0.626. The van der Waals surface area contributed by atoms with E-state index >= 15 is 0 Å². The molecule has 2 saturated heterocycles. The molecular weight excluding hydrogens is 398 g/mol. The molecule has 2 aromatic heterocycles. The van der Waals surface area contributed by atoms with Crippen LogP contribution >= 0.6 is 0 Å². The number of hydrogen-bond acceptors (Lipinski definition) is 7. The number of rotatable bonds is 4. The summed E-state index contributed by atoms with van der Waals surface area (Å²) >= 11 is 0. The van der Waals surface area contributed by atoms with Crippen molar-refractivity contribution in [3.8, 4) is 0 Å². The van der Waals surface area contributed by atoms with Crippen molar-refractivity contribution in [3.05, 3.63) is 17.3 Å². The maximum Gasteiger partial charge on any atom is 0.405 e. The van der Waals surface area contributed by atoms with Gasteiger partial charge in [0.05, 0.1) is 19.2 Å². The van der Waals surface area contributed by atoms with Gasteiger partial charge in [-0.25, -0.2) is 4.39 Å². The molecule has 4 rings (SSSR count). The normalized spacial score (nSPS) is 21.4. The summed E-state index contributed by atoms with van der Waals surface area (Å²) in [5.74, 6) is -1.18. The van der Waals surface area contributed by atoms with Crippen molar-refractivity contribution in [3.63, 3.8) is 0 Å². The number of nitrogens with one attached hydrogen (secondary N) is 2. The Balaban J connectivity index is 1.77. The van der Waals surface area contributed by atoms with E-state index in [2.05, 4.69) is 25.7 Å². The first kappa shape index (κ1) is 19.1. The van der Waals surface area contributed by atoms with E-state index in [-0.39, 0.29) is 42.5 Å². The summed E-state index contributed by atoms with van der Waals surface area (Å²) in [6.07, 6.45) is -2.73. The van der Waals surface area contributed by atoms with Gasteiger partial charge in [-0.1, -0.05) is 0 Å². The molecule has 2 fully saturated rings. The third-order valence-electron chi connectivity index (χ3n) is 4.47. The highest BCUT2D eigenvalue weighted by molar-refractivity contribution is 6.15. The maximum atomic E-state index is 13.6. The van der Waals surface area contributed by atoms with Gasteiger partial charge in [-0.3, -0.25) is 14.9 Å². The average molecular weight is 413 g/mol. The Labute approximate surface area is 160 Å². The van der Waals surface area contributed by atoms with Crippen molar-refractivity contribution >= 4 is 35.4 Å². The number of halogens is 4. The Kier molecular flexibility index (Phi) is 4.59. The number of nitrogens with zero attached hydrogens (tertiary/aromatic N) is 5. The lowest BCUT2D eigenvalue weighted by molar-refractivity contribution is -0.124. The minimum atomic E-state index is -4.49. The Bertz CT molecular complexity index is 1020. The Morgan fingerprint density at radius 1 is 1.31 bits per heavy atom. The van der Waals surface area contributed by atoms with E-state index in [1.165, 1.54) is 17.2 Å². The lowest BCUT2D eigenvalue weighted by Gasteiger charge is -2.17. The van der Waals surface area contributed by atoms with Crippen LogP contribution in [0.25, 0.3) is 11.7 Å². The summed E-state index contributed by atoms with van der Waals surface area (Å²) in [5, 5.41) is 8.31. The quantitative estimate of drug-likeness (QED) is 0.439.